The smallest absolute Gasteiger partial charge is 0.155 e. The van der Waals surface area contributed by atoms with Gasteiger partial charge in [-0.1, -0.05) is 18.6 Å². The molecule has 2 saturated carbocycles. The zero-order chi connectivity index (χ0) is 13.9. The summed E-state index contributed by atoms with van der Waals surface area (Å²) < 4.78 is 0. The van der Waals surface area contributed by atoms with Crippen LogP contribution in [0.4, 0.5) is 0 Å². The molecule has 3 unspecified atom stereocenters. The van der Waals surface area contributed by atoms with Crippen molar-refractivity contribution < 1.29 is 9.59 Å². The van der Waals surface area contributed by atoms with E-state index in [0.717, 1.165) is 32.1 Å². The molecule has 0 bridgehead atoms. The molecule has 0 aromatic heterocycles. The van der Waals surface area contributed by atoms with Crippen LogP contribution in [-0.2, 0) is 9.59 Å². The van der Waals surface area contributed by atoms with Crippen molar-refractivity contribution in [2.75, 3.05) is 0 Å². The van der Waals surface area contributed by atoms with Crippen LogP contribution in [0, 0.1) is 23.2 Å². The molecule has 0 saturated heterocycles. The molecule has 0 aromatic rings. The first-order chi connectivity index (χ1) is 9.58. The van der Waals surface area contributed by atoms with Crippen LogP contribution in [0.2, 0.25) is 0 Å². The monoisotopic (exact) mass is 270 g/mol. The second-order valence-electron chi connectivity index (χ2n) is 7.39. The van der Waals surface area contributed by atoms with Gasteiger partial charge in [0.05, 0.1) is 0 Å². The summed E-state index contributed by atoms with van der Waals surface area (Å²) in [7, 11) is 0. The number of ketones is 2. The predicted octanol–water partition coefficient (Wildman–Crippen LogP) is 3.62. The predicted molar refractivity (Wildman–Crippen MR) is 77.1 cm³/mol. The minimum atomic E-state index is -0.0479. The van der Waals surface area contributed by atoms with Gasteiger partial charge in [0.1, 0.15) is 5.78 Å². The Balaban J connectivity index is 1.71. The Morgan fingerprint density at radius 3 is 2.80 bits per heavy atom. The lowest BCUT2D eigenvalue weighted by molar-refractivity contribution is -0.128. The van der Waals surface area contributed by atoms with Gasteiger partial charge >= 0.3 is 0 Å². The molecule has 2 nitrogen and oxygen atoms in total. The molecular formula is C18H22O2. The Morgan fingerprint density at radius 1 is 1.10 bits per heavy atom. The fraction of sp³-hybridized carbons (Fsp3) is 0.667. The van der Waals surface area contributed by atoms with Crippen LogP contribution in [0.1, 0.15) is 51.9 Å². The summed E-state index contributed by atoms with van der Waals surface area (Å²) in [4.78, 5) is 23.9. The van der Waals surface area contributed by atoms with Gasteiger partial charge in [0.2, 0.25) is 0 Å². The molecule has 2 fully saturated rings. The summed E-state index contributed by atoms with van der Waals surface area (Å²) in [6.07, 6.45) is 11.1. The van der Waals surface area contributed by atoms with Gasteiger partial charge in [-0.25, -0.2) is 0 Å². The van der Waals surface area contributed by atoms with Crippen molar-refractivity contribution in [2.45, 2.75) is 51.9 Å². The number of fused-ring (bicyclic) bond motifs is 4. The highest BCUT2D eigenvalue weighted by Gasteiger charge is 2.53. The molecule has 0 heterocycles. The van der Waals surface area contributed by atoms with E-state index in [4.69, 9.17) is 0 Å². The third-order valence-electron chi connectivity index (χ3n) is 6.46. The standard InChI is InChI=1S/C18H22O2/c1-18-7-6-12-8-13-9-14(19)3-2-11(13)10-15(12)16(18)4-5-17(18)20/h8-9,11,15-16H,2-7,10H2,1H3/t11?,15?,16?,18-/m1/s1. The van der Waals surface area contributed by atoms with Crippen LogP contribution >= 0.6 is 0 Å². The summed E-state index contributed by atoms with van der Waals surface area (Å²) in [6, 6.07) is 0. The Hall–Kier alpha value is -1.18. The molecule has 4 atom stereocenters. The van der Waals surface area contributed by atoms with Crippen molar-refractivity contribution in [2.24, 2.45) is 23.2 Å². The quantitative estimate of drug-likeness (QED) is 0.673. The Morgan fingerprint density at radius 2 is 1.95 bits per heavy atom. The van der Waals surface area contributed by atoms with E-state index < -0.39 is 0 Å². The van der Waals surface area contributed by atoms with E-state index in [-0.39, 0.29) is 5.41 Å². The average molecular weight is 270 g/mol. The molecule has 4 aliphatic rings. The number of hydrogen-bond acceptors (Lipinski definition) is 2. The fourth-order valence-electron chi connectivity index (χ4n) is 5.20. The van der Waals surface area contributed by atoms with Crippen LogP contribution in [0.3, 0.4) is 0 Å². The van der Waals surface area contributed by atoms with Crippen molar-refractivity contribution in [3.63, 3.8) is 0 Å². The van der Waals surface area contributed by atoms with Gasteiger partial charge in [-0.3, -0.25) is 9.59 Å². The van der Waals surface area contributed by atoms with Crippen LogP contribution in [0.5, 0.6) is 0 Å². The number of rotatable bonds is 0. The van der Waals surface area contributed by atoms with Crippen molar-refractivity contribution in [3.8, 4) is 0 Å². The highest BCUT2D eigenvalue weighted by molar-refractivity contribution is 5.92. The second kappa shape index (κ2) is 4.16. The molecule has 0 aromatic carbocycles. The maximum absolute atomic E-state index is 12.3. The van der Waals surface area contributed by atoms with E-state index in [1.165, 1.54) is 17.6 Å². The maximum Gasteiger partial charge on any atom is 0.155 e. The molecule has 0 radical (unpaired) electrons. The third-order valence-corrected chi connectivity index (χ3v) is 6.46. The maximum atomic E-state index is 12.3. The van der Waals surface area contributed by atoms with Gasteiger partial charge in [0.15, 0.2) is 5.78 Å². The van der Waals surface area contributed by atoms with Crippen molar-refractivity contribution >= 4 is 11.6 Å². The first kappa shape index (κ1) is 12.6. The van der Waals surface area contributed by atoms with E-state index in [2.05, 4.69) is 13.0 Å². The first-order valence-corrected chi connectivity index (χ1v) is 8.06. The minimum absolute atomic E-state index is 0.0479. The summed E-state index contributed by atoms with van der Waals surface area (Å²) >= 11 is 0. The highest BCUT2D eigenvalue weighted by atomic mass is 16.1. The van der Waals surface area contributed by atoms with Gasteiger partial charge in [0.25, 0.3) is 0 Å². The summed E-state index contributed by atoms with van der Waals surface area (Å²) in [5, 5.41) is 0. The van der Waals surface area contributed by atoms with Gasteiger partial charge in [-0.2, -0.15) is 0 Å². The Bertz CT molecular complexity index is 554. The molecule has 0 aliphatic heterocycles. The lowest BCUT2D eigenvalue weighted by Gasteiger charge is -2.46. The second-order valence-corrected chi connectivity index (χ2v) is 7.39. The summed E-state index contributed by atoms with van der Waals surface area (Å²) in [5.74, 6) is 2.54. The number of carbonyl (C=O) groups excluding carboxylic acids is 2. The number of Topliss-reactive ketones (excluding diaryl/α,β-unsaturated/α-hetero) is 1. The molecular weight excluding hydrogens is 248 g/mol. The molecule has 20 heavy (non-hydrogen) atoms. The molecule has 0 amide bonds. The SMILES string of the molecule is C[C@@]12CCC3=CC4=CC(=O)CCC4CC3C1CCC2=O. The number of carbonyl (C=O) groups is 2. The van der Waals surface area contributed by atoms with Crippen LogP contribution < -0.4 is 0 Å². The van der Waals surface area contributed by atoms with Crippen LogP contribution in [-0.4, -0.2) is 11.6 Å². The first-order valence-electron chi connectivity index (χ1n) is 8.06. The van der Waals surface area contributed by atoms with Gasteiger partial charge in [-0.15, -0.1) is 0 Å². The summed E-state index contributed by atoms with van der Waals surface area (Å²) in [5.41, 5.74) is 2.76. The molecule has 106 valence electrons. The zero-order valence-electron chi connectivity index (χ0n) is 12.2. The van der Waals surface area contributed by atoms with Crippen molar-refractivity contribution in [1.82, 2.24) is 0 Å². The fourth-order valence-corrected chi connectivity index (χ4v) is 5.20. The van der Waals surface area contributed by atoms with E-state index in [1.807, 2.05) is 6.08 Å². The average Bonchev–Trinajstić information content (AvgIpc) is 2.73. The van der Waals surface area contributed by atoms with Crippen molar-refractivity contribution in [3.05, 3.63) is 23.3 Å². The highest BCUT2D eigenvalue weighted by Crippen LogP contribution is 2.57. The van der Waals surface area contributed by atoms with E-state index >= 15 is 0 Å². The van der Waals surface area contributed by atoms with Gasteiger partial charge in [0, 0.05) is 18.3 Å². The van der Waals surface area contributed by atoms with Crippen LogP contribution in [0.25, 0.3) is 0 Å². The number of allylic oxidation sites excluding steroid dienone is 4. The lowest BCUT2D eigenvalue weighted by Crippen LogP contribution is -2.40. The molecule has 4 aliphatic carbocycles. The van der Waals surface area contributed by atoms with E-state index in [1.54, 1.807) is 0 Å². The summed E-state index contributed by atoms with van der Waals surface area (Å²) in [6.45, 7) is 2.21. The Labute approximate surface area is 120 Å². The van der Waals surface area contributed by atoms with Crippen molar-refractivity contribution in [1.29, 1.82) is 0 Å². The largest absolute Gasteiger partial charge is 0.299 e. The molecule has 2 heteroatoms. The molecule has 4 rings (SSSR count). The number of hydrogen-bond donors (Lipinski definition) is 0. The minimum Gasteiger partial charge on any atom is -0.299 e. The van der Waals surface area contributed by atoms with Crippen LogP contribution in [0.15, 0.2) is 23.3 Å². The van der Waals surface area contributed by atoms with E-state index in [9.17, 15) is 9.59 Å². The molecule has 0 N–H and O–H groups in total. The van der Waals surface area contributed by atoms with Gasteiger partial charge in [-0.05, 0) is 61.5 Å². The van der Waals surface area contributed by atoms with E-state index in [0.29, 0.717) is 35.7 Å². The zero-order valence-corrected chi connectivity index (χ0v) is 12.2. The third kappa shape index (κ3) is 1.63. The lowest BCUT2D eigenvalue weighted by atomic mass is 9.57. The van der Waals surface area contributed by atoms with Gasteiger partial charge < -0.3 is 0 Å². The molecule has 0 spiro atoms. The normalized spacial score (nSPS) is 43.4. The Kier molecular flexibility index (Phi) is 2.61. The topological polar surface area (TPSA) is 34.1 Å².